The topological polar surface area (TPSA) is 48.0 Å². The van der Waals surface area contributed by atoms with E-state index in [1.54, 1.807) is 7.11 Å². The van der Waals surface area contributed by atoms with Crippen LogP contribution in [0.2, 0.25) is 0 Å². The second-order valence-corrected chi connectivity index (χ2v) is 5.64. The monoisotopic (exact) mass is 309 g/mol. The number of nitrogens with one attached hydrogen (secondary N) is 1. The molecule has 0 saturated heterocycles. The summed E-state index contributed by atoms with van der Waals surface area (Å²) in [5, 5.41) is 12.6. The van der Waals surface area contributed by atoms with Gasteiger partial charge in [0.15, 0.2) is 0 Å². The quantitative estimate of drug-likeness (QED) is 0.608. The molecule has 2 N–H and O–H groups in total. The highest BCUT2D eigenvalue weighted by Gasteiger charge is 2.10. The van der Waals surface area contributed by atoms with E-state index in [4.69, 9.17) is 9.84 Å². The van der Waals surface area contributed by atoms with Crippen LogP contribution >= 0.6 is 0 Å². The van der Waals surface area contributed by atoms with Gasteiger partial charge >= 0.3 is 0 Å². The van der Waals surface area contributed by atoms with Crippen LogP contribution in [0.5, 0.6) is 5.75 Å². The van der Waals surface area contributed by atoms with Crippen LogP contribution < -0.4 is 15.0 Å². The second kappa shape index (κ2) is 10.4. The standard InChI is InChI=1S/C17H31N3O2/c1-5-20(11-12-21)16-8-7-15(13-17(16)22-4)14-18-9-6-10-19(2)3/h7-8,13,18,21H,5-6,9-12,14H2,1-4H3. The number of rotatable bonds is 11. The Hall–Kier alpha value is -1.30. The molecular weight excluding hydrogens is 278 g/mol. The number of ether oxygens (including phenoxy) is 1. The maximum absolute atomic E-state index is 9.16. The van der Waals surface area contributed by atoms with Gasteiger partial charge in [0.2, 0.25) is 0 Å². The first kappa shape index (κ1) is 18.7. The third kappa shape index (κ3) is 6.22. The number of methoxy groups -OCH3 is 1. The van der Waals surface area contributed by atoms with Crippen LogP contribution in [0.4, 0.5) is 5.69 Å². The Morgan fingerprint density at radius 1 is 1.23 bits per heavy atom. The van der Waals surface area contributed by atoms with Crippen molar-refractivity contribution in [3.05, 3.63) is 23.8 Å². The lowest BCUT2D eigenvalue weighted by atomic mass is 10.1. The number of aliphatic hydroxyl groups is 1. The Bertz CT molecular complexity index is 424. The molecule has 0 atom stereocenters. The van der Waals surface area contributed by atoms with E-state index < -0.39 is 0 Å². The van der Waals surface area contributed by atoms with Gasteiger partial charge in [0.05, 0.1) is 19.4 Å². The maximum atomic E-state index is 9.16. The maximum Gasteiger partial charge on any atom is 0.142 e. The van der Waals surface area contributed by atoms with Crippen molar-refractivity contribution in [2.45, 2.75) is 19.9 Å². The van der Waals surface area contributed by atoms with Crippen molar-refractivity contribution in [2.24, 2.45) is 0 Å². The van der Waals surface area contributed by atoms with E-state index in [2.05, 4.69) is 54.3 Å². The molecule has 0 aliphatic heterocycles. The third-order valence-corrected chi connectivity index (χ3v) is 3.62. The third-order valence-electron chi connectivity index (χ3n) is 3.62. The van der Waals surface area contributed by atoms with Gasteiger partial charge in [0.1, 0.15) is 5.75 Å². The van der Waals surface area contributed by atoms with Crippen molar-refractivity contribution in [1.82, 2.24) is 10.2 Å². The lowest BCUT2D eigenvalue weighted by Crippen LogP contribution is -2.26. The van der Waals surface area contributed by atoms with E-state index in [1.807, 2.05) is 0 Å². The zero-order valence-electron chi connectivity index (χ0n) is 14.4. The fourth-order valence-electron chi connectivity index (χ4n) is 2.42. The van der Waals surface area contributed by atoms with Gasteiger partial charge in [-0.1, -0.05) is 6.07 Å². The number of aliphatic hydroxyl groups excluding tert-OH is 1. The van der Waals surface area contributed by atoms with Crippen molar-refractivity contribution in [3.63, 3.8) is 0 Å². The Morgan fingerprint density at radius 2 is 2.00 bits per heavy atom. The molecule has 0 amide bonds. The zero-order valence-corrected chi connectivity index (χ0v) is 14.4. The van der Waals surface area contributed by atoms with Gasteiger partial charge in [-0.3, -0.25) is 0 Å². The molecule has 1 aromatic carbocycles. The van der Waals surface area contributed by atoms with E-state index in [1.165, 1.54) is 5.56 Å². The van der Waals surface area contributed by atoms with E-state index in [-0.39, 0.29) is 6.61 Å². The summed E-state index contributed by atoms with van der Waals surface area (Å²) < 4.78 is 5.52. The van der Waals surface area contributed by atoms with Gasteiger partial charge in [-0.25, -0.2) is 0 Å². The van der Waals surface area contributed by atoms with Crippen LogP contribution in [0.15, 0.2) is 18.2 Å². The van der Waals surface area contributed by atoms with Crippen LogP contribution in [-0.2, 0) is 6.54 Å². The number of hydrogen-bond donors (Lipinski definition) is 2. The normalized spacial score (nSPS) is 11.0. The zero-order chi connectivity index (χ0) is 16.4. The summed E-state index contributed by atoms with van der Waals surface area (Å²) in [7, 11) is 5.88. The molecule has 0 aliphatic carbocycles. The predicted molar refractivity (Wildman–Crippen MR) is 92.8 cm³/mol. The molecule has 0 bridgehead atoms. The van der Waals surface area contributed by atoms with Crippen molar-refractivity contribution in [3.8, 4) is 5.75 Å². The average molecular weight is 309 g/mol. The second-order valence-electron chi connectivity index (χ2n) is 5.64. The van der Waals surface area contributed by atoms with Gasteiger partial charge in [-0.15, -0.1) is 0 Å². The molecule has 0 fully saturated rings. The summed E-state index contributed by atoms with van der Waals surface area (Å²) in [4.78, 5) is 4.31. The van der Waals surface area contributed by atoms with E-state index in [0.29, 0.717) is 6.54 Å². The Balaban J connectivity index is 2.60. The highest BCUT2D eigenvalue weighted by atomic mass is 16.5. The molecule has 126 valence electrons. The molecule has 1 rings (SSSR count). The SMILES string of the molecule is CCN(CCO)c1ccc(CNCCCN(C)C)cc1OC. The molecule has 0 saturated carbocycles. The van der Waals surface area contributed by atoms with E-state index in [9.17, 15) is 0 Å². The molecule has 22 heavy (non-hydrogen) atoms. The van der Waals surface area contributed by atoms with Gasteiger partial charge in [0, 0.05) is 19.6 Å². The van der Waals surface area contributed by atoms with Crippen LogP contribution in [-0.4, -0.2) is 64.0 Å². The van der Waals surface area contributed by atoms with Gasteiger partial charge in [-0.05, 0) is 58.2 Å². The summed E-state index contributed by atoms with van der Waals surface area (Å²) >= 11 is 0. The molecule has 0 spiro atoms. The number of likely N-dealkylation sites (N-methyl/N-ethyl adjacent to an activating group) is 1. The fourth-order valence-corrected chi connectivity index (χ4v) is 2.42. The van der Waals surface area contributed by atoms with Crippen molar-refractivity contribution in [1.29, 1.82) is 0 Å². The minimum Gasteiger partial charge on any atom is -0.495 e. The number of anilines is 1. The van der Waals surface area contributed by atoms with Gasteiger partial charge < -0.3 is 25.0 Å². The van der Waals surface area contributed by atoms with Crippen LogP contribution in [0.1, 0.15) is 18.9 Å². The summed E-state index contributed by atoms with van der Waals surface area (Å²) in [6.07, 6.45) is 1.14. The van der Waals surface area contributed by atoms with Crippen molar-refractivity contribution >= 4 is 5.69 Å². The summed E-state index contributed by atoms with van der Waals surface area (Å²) in [5.74, 6) is 0.864. The lowest BCUT2D eigenvalue weighted by molar-refractivity contribution is 0.302. The largest absolute Gasteiger partial charge is 0.495 e. The molecule has 0 aliphatic rings. The number of benzene rings is 1. The molecule has 5 heteroatoms. The van der Waals surface area contributed by atoms with E-state index in [0.717, 1.165) is 44.0 Å². The van der Waals surface area contributed by atoms with Crippen LogP contribution in [0.3, 0.4) is 0 Å². The highest BCUT2D eigenvalue weighted by molar-refractivity contribution is 5.59. The number of hydrogen-bond acceptors (Lipinski definition) is 5. The fraction of sp³-hybridized carbons (Fsp3) is 0.647. The molecule has 5 nitrogen and oxygen atoms in total. The average Bonchev–Trinajstić information content (AvgIpc) is 2.52. The minimum atomic E-state index is 0.145. The van der Waals surface area contributed by atoms with Gasteiger partial charge in [-0.2, -0.15) is 0 Å². The lowest BCUT2D eigenvalue weighted by Gasteiger charge is -2.24. The van der Waals surface area contributed by atoms with Crippen molar-refractivity contribution in [2.75, 3.05) is 58.9 Å². The predicted octanol–water partition coefficient (Wildman–Crippen LogP) is 1.56. The first-order valence-corrected chi connectivity index (χ1v) is 8.00. The Labute approximate surface area is 134 Å². The molecule has 1 aromatic rings. The molecular formula is C17H31N3O2. The summed E-state index contributed by atoms with van der Waals surface area (Å²) in [6.45, 7) is 6.64. The molecule has 0 aromatic heterocycles. The molecule has 0 heterocycles. The smallest absolute Gasteiger partial charge is 0.142 e. The number of nitrogens with zero attached hydrogens (tertiary/aromatic N) is 2. The van der Waals surface area contributed by atoms with Gasteiger partial charge in [0.25, 0.3) is 0 Å². The molecule has 0 unspecified atom stereocenters. The highest BCUT2D eigenvalue weighted by Crippen LogP contribution is 2.29. The summed E-state index contributed by atoms with van der Waals surface area (Å²) in [5.41, 5.74) is 2.25. The summed E-state index contributed by atoms with van der Waals surface area (Å²) in [6, 6.07) is 6.28. The van der Waals surface area contributed by atoms with Crippen LogP contribution in [0.25, 0.3) is 0 Å². The van der Waals surface area contributed by atoms with E-state index >= 15 is 0 Å². The first-order chi connectivity index (χ1) is 10.6. The molecule has 0 radical (unpaired) electrons. The Morgan fingerprint density at radius 3 is 2.59 bits per heavy atom. The minimum absolute atomic E-state index is 0.145. The van der Waals surface area contributed by atoms with Crippen molar-refractivity contribution < 1.29 is 9.84 Å². The van der Waals surface area contributed by atoms with Crippen LogP contribution in [0, 0.1) is 0 Å². The first-order valence-electron chi connectivity index (χ1n) is 8.00. The Kier molecular flexibility index (Phi) is 8.89.